The maximum absolute atomic E-state index is 12.6. The smallest absolute Gasteiger partial charge is 0.257 e. The Morgan fingerprint density at radius 3 is 2.84 bits per heavy atom. The van der Waals surface area contributed by atoms with Gasteiger partial charge < -0.3 is 9.32 Å². The van der Waals surface area contributed by atoms with Gasteiger partial charge >= 0.3 is 0 Å². The molecule has 0 radical (unpaired) electrons. The van der Waals surface area contributed by atoms with Gasteiger partial charge in [-0.1, -0.05) is 47.5 Å². The fourth-order valence-electron chi connectivity index (χ4n) is 2.08. The van der Waals surface area contributed by atoms with Crippen LogP contribution in [-0.2, 0) is 0 Å². The summed E-state index contributed by atoms with van der Waals surface area (Å²) in [4.78, 5) is 14.4. The van der Waals surface area contributed by atoms with Gasteiger partial charge in [0.15, 0.2) is 0 Å². The molecule has 102 valence electrons. The first kappa shape index (κ1) is 14.1. The van der Waals surface area contributed by atoms with E-state index in [1.807, 2.05) is 29.2 Å². The third kappa shape index (κ3) is 3.18. The summed E-state index contributed by atoms with van der Waals surface area (Å²) < 4.78 is 5.44. The molecule has 0 spiro atoms. The van der Waals surface area contributed by atoms with Gasteiger partial charge in [0.05, 0.1) is 5.56 Å². The molecule has 4 heteroatoms. The number of rotatable bonds is 6. The second-order valence-corrected chi connectivity index (χ2v) is 5.27. The van der Waals surface area contributed by atoms with Crippen LogP contribution in [0.15, 0.2) is 34.9 Å². The summed E-state index contributed by atoms with van der Waals surface area (Å²) in [6, 6.07) is 7.65. The third-order valence-electron chi connectivity index (χ3n) is 3.13. The van der Waals surface area contributed by atoms with Crippen molar-refractivity contribution in [2.45, 2.75) is 19.8 Å². The van der Waals surface area contributed by atoms with E-state index in [0.717, 1.165) is 42.2 Å². The summed E-state index contributed by atoms with van der Waals surface area (Å²) in [5.74, 6) is 0.0536. The Hall–Kier alpha value is -1.29. The number of amides is 1. The first-order chi connectivity index (χ1) is 9.27. The molecule has 0 aliphatic carbocycles. The molecule has 1 heterocycles. The van der Waals surface area contributed by atoms with Crippen LogP contribution in [0, 0.1) is 0 Å². The van der Waals surface area contributed by atoms with Crippen molar-refractivity contribution >= 4 is 32.8 Å². The van der Waals surface area contributed by atoms with Crippen LogP contribution < -0.4 is 0 Å². The van der Waals surface area contributed by atoms with E-state index in [-0.39, 0.29) is 5.91 Å². The predicted octanol–water partition coefficient (Wildman–Crippen LogP) is 4.07. The quantitative estimate of drug-likeness (QED) is 0.751. The molecule has 2 rings (SSSR count). The van der Waals surface area contributed by atoms with Gasteiger partial charge in [-0.05, 0) is 12.5 Å². The first-order valence-corrected chi connectivity index (χ1v) is 7.71. The lowest BCUT2D eigenvalue weighted by Crippen LogP contribution is -2.33. The van der Waals surface area contributed by atoms with Crippen LogP contribution in [0.4, 0.5) is 0 Å². The fraction of sp³-hybridized carbons (Fsp3) is 0.400. The third-order valence-corrected chi connectivity index (χ3v) is 3.49. The Morgan fingerprint density at radius 2 is 2.11 bits per heavy atom. The predicted molar refractivity (Wildman–Crippen MR) is 80.8 cm³/mol. The number of halogens is 1. The molecule has 0 bridgehead atoms. The van der Waals surface area contributed by atoms with E-state index in [0.29, 0.717) is 5.56 Å². The molecule has 0 aliphatic heterocycles. The van der Waals surface area contributed by atoms with Crippen molar-refractivity contribution in [2.75, 3.05) is 18.4 Å². The van der Waals surface area contributed by atoms with Crippen LogP contribution in [0.2, 0.25) is 0 Å². The molecule has 1 aromatic carbocycles. The Labute approximate surface area is 121 Å². The molecule has 0 N–H and O–H groups in total. The summed E-state index contributed by atoms with van der Waals surface area (Å²) in [5.41, 5.74) is 1.42. The van der Waals surface area contributed by atoms with Crippen molar-refractivity contribution in [1.82, 2.24) is 4.90 Å². The van der Waals surface area contributed by atoms with E-state index < -0.39 is 0 Å². The van der Waals surface area contributed by atoms with Gasteiger partial charge in [0, 0.05) is 23.8 Å². The highest BCUT2D eigenvalue weighted by Crippen LogP contribution is 2.22. The largest absolute Gasteiger partial charge is 0.463 e. The highest BCUT2D eigenvalue weighted by molar-refractivity contribution is 9.09. The highest BCUT2D eigenvalue weighted by atomic mass is 79.9. The van der Waals surface area contributed by atoms with Crippen LogP contribution in [0.5, 0.6) is 0 Å². The topological polar surface area (TPSA) is 33.5 Å². The zero-order valence-corrected chi connectivity index (χ0v) is 12.6. The van der Waals surface area contributed by atoms with Crippen molar-refractivity contribution < 1.29 is 9.21 Å². The number of carbonyl (C=O) groups excluding carboxylic acids is 1. The minimum atomic E-state index is 0.0536. The van der Waals surface area contributed by atoms with Gasteiger partial charge in [0.1, 0.15) is 11.8 Å². The van der Waals surface area contributed by atoms with Crippen LogP contribution >= 0.6 is 15.9 Å². The molecule has 3 nitrogen and oxygen atoms in total. The number of hydrogen-bond donors (Lipinski definition) is 0. The minimum Gasteiger partial charge on any atom is -0.463 e. The zero-order valence-electron chi connectivity index (χ0n) is 11.1. The number of furan rings is 1. The Morgan fingerprint density at radius 1 is 1.32 bits per heavy atom. The van der Waals surface area contributed by atoms with E-state index in [4.69, 9.17) is 4.42 Å². The summed E-state index contributed by atoms with van der Waals surface area (Å²) in [7, 11) is 0. The second kappa shape index (κ2) is 6.75. The molecule has 1 amide bonds. The van der Waals surface area contributed by atoms with Gasteiger partial charge in [0.2, 0.25) is 0 Å². The number of unbranched alkanes of at least 4 members (excludes halogenated alkanes) is 1. The lowest BCUT2D eigenvalue weighted by Gasteiger charge is -2.21. The zero-order chi connectivity index (χ0) is 13.7. The van der Waals surface area contributed by atoms with Crippen LogP contribution in [0.25, 0.3) is 11.0 Å². The van der Waals surface area contributed by atoms with E-state index in [1.54, 1.807) is 6.26 Å². The lowest BCUT2D eigenvalue weighted by molar-refractivity contribution is 0.0765. The number of hydrogen-bond acceptors (Lipinski definition) is 2. The monoisotopic (exact) mass is 323 g/mol. The molecule has 1 aromatic heterocycles. The Balaban J connectivity index is 2.25. The van der Waals surface area contributed by atoms with E-state index in [1.165, 1.54) is 0 Å². The SMILES string of the molecule is CCCCN(CCBr)C(=O)c1coc2ccccc12. The average molecular weight is 324 g/mol. The number of benzene rings is 1. The van der Waals surface area contributed by atoms with Gasteiger partial charge in [-0.2, -0.15) is 0 Å². The summed E-state index contributed by atoms with van der Waals surface area (Å²) >= 11 is 3.41. The summed E-state index contributed by atoms with van der Waals surface area (Å²) in [6.07, 6.45) is 3.67. The number of para-hydroxylation sites is 1. The molecule has 0 saturated heterocycles. The van der Waals surface area contributed by atoms with Crippen molar-refractivity contribution in [3.8, 4) is 0 Å². The second-order valence-electron chi connectivity index (χ2n) is 4.48. The standard InChI is InChI=1S/C15H18BrNO2/c1-2-3-9-17(10-8-16)15(18)13-11-19-14-7-5-4-6-12(13)14/h4-7,11H,2-3,8-10H2,1H3. The lowest BCUT2D eigenvalue weighted by atomic mass is 10.1. The van der Waals surface area contributed by atoms with E-state index in [9.17, 15) is 4.79 Å². The van der Waals surface area contributed by atoms with E-state index in [2.05, 4.69) is 22.9 Å². The van der Waals surface area contributed by atoms with Crippen molar-refractivity contribution in [3.63, 3.8) is 0 Å². The van der Waals surface area contributed by atoms with Crippen LogP contribution in [0.3, 0.4) is 0 Å². The molecular weight excluding hydrogens is 306 g/mol. The molecule has 0 fully saturated rings. The van der Waals surface area contributed by atoms with Crippen LogP contribution in [-0.4, -0.2) is 29.2 Å². The fourth-order valence-corrected chi connectivity index (χ4v) is 2.51. The molecule has 0 aliphatic rings. The molecule has 0 unspecified atom stereocenters. The maximum Gasteiger partial charge on any atom is 0.257 e. The molecular formula is C15H18BrNO2. The van der Waals surface area contributed by atoms with Crippen molar-refractivity contribution in [3.05, 3.63) is 36.1 Å². The highest BCUT2D eigenvalue weighted by Gasteiger charge is 2.19. The van der Waals surface area contributed by atoms with E-state index >= 15 is 0 Å². The summed E-state index contributed by atoms with van der Waals surface area (Å²) in [6.45, 7) is 3.64. The summed E-state index contributed by atoms with van der Waals surface area (Å²) in [5, 5.41) is 1.68. The number of fused-ring (bicyclic) bond motifs is 1. The number of carbonyl (C=O) groups is 1. The minimum absolute atomic E-state index is 0.0536. The van der Waals surface area contributed by atoms with Crippen LogP contribution in [0.1, 0.15) is 30.1 Å². The molecule has 0 saturated carbocycles. The molecule has 19 heavy (non-hydrogen) atoms. The molecule has 0 atom stereocenters. The van der Waals surface area contributed by atoms with Gasteiger partial charge in [-0.3, -0.25) is 4.79 Å². The maximum atomic E-state index is 12.6. The first-order valence-electron chi connectivity index (χ1n) is 6.59. The number of nitrogens with zero attached hydrogens (tertiary/aromatic N) is 1. The van der Waals surface area contributed by atoms with Gasteiger partial charge in [0.25, 0.3) is 5.91 Å². The Kier molecular flexibility index (Phi) is 5.02. The van der Waals surface area contributed by atoms with Crippen molar-refractivity contribution in [2.24, 2.45) is 0 Å². The normalized spacial score (nSPS) is 10.8. The van der Waals surface area contributed by atoms with Gasteiger partial charge in [-0.25, -0.2) is 0 Å². The Bertz CT molecular complexity index is 550. The average Bonchev–Trinajstić information content (AvgIpc) is 2.86. The van der Waals surface area contributed by atoms with Gasteiger partial charge in [-0.15, -0.1) is 0 Å². The van der Waals surface area contributed by atoms with Crippen molar-refractivity contribution in [1.29, 1.82) is 0 Å². The molecule has 2 aromatic rings. The number of alkyl halides is 1.